The molecule has 2 N–H and O–H groups in total. The number of nitrogens with one attached hydrogen (secondary N) is 1. The lowest BCUT2D eigenvalue weighted by Gasteiger charge is -2.35. The third-order valence-corrected chi connectivity index (χ3v) is 6.13. The van der Waals surface area contributed by atoms with E-state index in [-0.39, 0.29) is 23.2 Å². The minimum atomic E-state index is -0.694. The molecule has 8 heteroatoms. The lowest BCUT2D eigenvalue weighted by atomic mass is 9.71. The molecule has 2 aliphatic rings. The monoisotopic (exact) mass is 483 g/mol. The average Bonchev–Trinajstić information content (AvgIpc) is 2.75. The van der Waals surface area contributed by atoms with Crippen LogP contribution in [-0.4, -0.2) is 34.6 Å². The molecule has 2 atom stereocenters. The first-order valence-electron chi connectivity index (χ1n) is 9.99. The lowest BCUT2D eigenvalue weighted by Crippen LogP contribution is -2.39. The number of ketones is 1. The van der Waals surface area contributed by atoms with Gasteiger partial charge in [0.15, 0.2) is 17.3 Å². The van der Waals surface area contributed by atoms with Gasteiger partial charge in [0.1, 0.15) is 5.82 Å². The molecule has 1 unspecified atom stereocenters. The van der Waals surface area contributed by atoms with Crippen LogP contribution in [0.25, 0.3) is 0 Å². The number of phenols is 1. The second kappa shape index (κ2) is 8.63. The zero-order chi connectivity index (χ0) is 22.1. The molecule has 1 amide bonds. The second-order valence-corrected chi connectivity index (χ2v) is 8.54. The Kier molecular flexibility index (Phi) is 5.91. The van der Waals surface area contributed by atoms with Crippen molar-refractivity contribution in [2.24, 2.45) is 10.9 Å². The first kappa shape index (κ1) is 21.2. The number of aromatic nitrogens is 1. The number of hydrogen-bond donors (Lipinski definition) is 2. The normalized spacial score (nSPS) is 20.7. The van der Waals surface area contributed by atoms with Gasteiger partial charge in [-0.05, 0) is 65.5 Å². The molecule has 1 aromatic carbocycles. The largest absolute Gasteiger partial charge is 0.504 e. The Hall–Kier alpha value is -3.00. The number of amides is 1. The third-order valence-electron chi connectivity index (χ3n) is 5.66. The van der Waals surface area contributed by atoms with Crippen LogP contribution >= 0.6 is 15.9 Å². The number of allylic oxidation sites excluding steroid dienone is 2. The number of rotatable bonds is 4. The minimum absolute atomic E-state index is 0.00307. The first-order valence-corrected chi connectivity index (χ1v) is 10.8. The maximum absolute atomic E-state index is 13.4. The number of ether oxygens (including phenoxy) is 1. The van der Waals surface area contributed by atoms with E-state index in [1.165, 1.54) is 13.2 Å². The fourth-order valence-electron chi connectivity index (χ4n) is 4.25. The van der Waals surface area contributed by atoms with E-state index in [0.29, 0.717) is 29.9 Å². The molecule has 1 aliphatic carbocycles. The van der Waals surface area contributed by atoms with Crippen LogP contribution in [0.4, 0.5) is 5.82 Å². The molecule has 1 aromatic heterocycles. The van der Waals surface area contributed by atoms with Crippen LogP contribution in [0.15, 0.2) is 57.3 Å². The molecule has 31 heavy (non-hydrogen) atoms. The number of hydrogen-bond acceptors (Lipinski definition) is 6. The van der Waals surface area contributed by atoms with Crippen molar-refractivity contribution in [1.82, 2.24) is 4.98 Å². The maximum atomic E-state index is 13.4. The van der Waals surface area contributed by atoms with Crippen molar-refractivity contribution >= 4 is 39.1 Å². The average molecular weight is 484 g/mol. The summed E-state index contributed by atoms with van der Waals surface area (Å²) in [6.45, 7) is 1.81. The van der Waals surface area contributed by atoms with E-state index in [2.05, 4.69) is 31.2 Å². The summed E-state index contributed by atoms with van der Waals surface area (Å²) in [5, 5.41) is 12.9. The van der Waals surface area contributed by atoms with E-state index >= 15 is 0 Å². The van der Waals surface area contributed by atoms with Gasteiger partial charge >= 0.3 is 0 Å². The van der Waals surface area contributed by atoms with E-state index in [0.717, 1.165) is 22.2 Å². The molecule has 0 saturated carbocycles. The Bertz CT molecular complexity index is 1110. The highest BCUT2D eigenvalue weighted by Gasteiger charge is 2.42. The molecule has 160 valence electrons. The number of methoxy groups -OCH3 is 1. The summed E-state index contributed by atoms with van der Waals surface area (Å²) in [7, 11) is 1.46. The number of nitrogens with zero attached hydrogens (tertiary/aromatic N) is 2. The van der Waals surface area contributed by atoms with Crippen LogP contribution in [0.1, 0.15) is 37.7 Å². The molecule has 2 heterocycles. The van der Waals surface area contributed by atoms with E-state index in [1.807, 2.05) is 6.92 Å². The van der Waals surface area contributed by atoms with Crippen LogP contribution in [0, 0.1) is 5.92 Å². The number of Topliss-reactive ketones (excluding diaryl/α,β-unsaturated/α-hetero) is 1. The standard InChI is InChI=1S/C23H22BrN3O4/c1-12-20(23(30)27-19-9-7-14(24)11-25-19)21(13-6-8-16(28)18(10-13)31-2)22-15(26-12)4-3-5-17(22)29/h6-11,20-21,28H,3-5H2,1-2H3,(H,25,27,30)/t20?,21-/m0/s1. The first-order chi connectivity index (χ1) is 14.9. The summed E-state index contributed by atoms with van der Waals surface area (Å²) in [5.41, 5.74) is 2.68. The predicted molar refractivity (Wildman–Crippen MR) is 120 cm³/mol. The van der Waals surface area contributed by atoms with Crippen LogP contribution < -0.4 is 10.1 Å². The molecule has 0 radical (unpaired) electrons. The Morgan fingerprint density at radius 3 is 2.77 bits per heavy atom. The topological polar surface area (TPSA) is 101 Å². The van der Waals surface area contributed by atoms with Gasteiger partial charge in [-0.1, -0.05) is 6.07 Å². The summed E-state index contributed by atoms with van der Waals surface area (Å²) in [6.07, 6.45) is 3.49. The van der Waals surface area contributed by atoms with Gasteiger partial charge in [-0.15, -0.1) is 0 Å². The number of benzene rings is 1. The molecular formula is C23H22BrN3O4. The summed E-state index contributed by atoms with van der Waals surface area (Å²) in [5.74, 6) is -0.802. The predicted octanol–water partition coefficient (Wildman–Crippen LogP) is 4.38. The Balaban J connectivity index is 1.79. The zero-order valence-electron chi connectivity index (χ0n) is 17.2. The Morgan fingerprint density at radius 1 is 1.26 bits per heavy atom. The molecule has 1 aliphatic heterocycles. The number of carbonyl (C=O) groups is 2. The molecule has 0 fully saturated rings. The highest BCUT2D eigenvalue weighted by molar-refractivity contribution is 9.10. The van der Waals surface area contributed by atoms with Gasteiger partial charge in [-0.25, -0.2) is 4.98 Å². The Labute approximate surface area is 188 Å². The number of aliphatic imine (C=N–C) groups is 1. The van der Waals surface area contributed by atoms with Gasteiger partial charge in [0.05, 0.1) is 13.0 Å². The fraction of sp³-hybridized carbons (Fsp3) is 0.304. The van der Waals surface area contributed by atoms with Gasteiger partial charge in [-0.2, -0.15) is 0 Å². The van der Waals surface area contributed by atoms with E-state index < -0.39 is 11.8 Å². The maximum Gasteiger partial charge on any atom is 0.235 e. The number of halogens is 1. The number of anilines is 1. The molecular weight excluding hydrogens is 462 g/mol. The van der Waals surface area contributed by atoms with Crippen molar-refractivity contribution in [2.45, 2.75) is 32.1 Å². The van der Waals surface area contributed by atoms with Gasteiger partial charge in [0.2, 0.25) is 5.91 Å². The van der Waals surface area contributed by atoms with Crippen molar-refractivity contribution in [3.63, 3.8) is 0 Å². The van der Waals surface area contributed by atoms with Crippen molar-refractivity contribution in [3.05, 3.63) is 57.8 Å². The third kappa shape index (κ3) is 4.12. The van der Waals surface area contributed by atoms with Crippen molar-refractivity contribution in [1.29, 1.82) is 0 Å². The summed E-state index contributed by atoms with van der Waals surface area (Å²) < 4.78 is 6.08. The lowest BCUT2D eigenvalue weighted by molar-refractivity contribution is -0.119. The van der Waals surface area contributed by atoms with E-state index in [9.17, 15) is 14.7 Å². The molecule has 4 rings (SSSR count). The van der Waals surface area contributed by atoms with Gasteiger partial charge in [-0.3, -0.25) is 14.6 Å². The number of phenolic OH excluding ortho intramolecular Hbond substituents is 1. The fourth-order valence-corrected chi connectivity index (χ4v) is 4.48. The van der Waals surface area contributed by atoms with Crippen LogP contribution in [0.2, 0.25) is 0 Å². The number of aromatic hydroxyl groups is 1. The quantitative estimate of drug-likeness (QED) is 0.671. The minimum Gasteiger partial charge on any atom is -0.504 e. The van der Waals surface area contributed by atoms with E-state index in [1.54, 1.807) is 30.5 Å². The van der Waals surface area contributed by atoms with Gasteiger partial charge < -0.3 is 15.2 Å². The smallest absolute Gasteiger partial charge is 0.235 e. The number of carbonyl (C=O) groups excluding carboxylic acids is 2. The van der Waals surface area contributed by atoms with Crippen molar-refractivity contribution < 1.29 is 19.4 Å². The molecule has 7 nitrogen and oxygen atoms in total. The summed E-state index contributed by atoms with van der Waals surface area (Å²) in [4.78, 5) is 35.2. The Morgan fingerprint density at radius 2 is 2.06 bits per heavy atom. The summed E-state index contributed by atoms with van der Waals surface area (Å²) >= 11 is 3.33. The highest BCUT2D eigenvalue weighted by atomic mass is 79.9. The highest BCUT2D eigenvalue weighted by Crippen LogP contribution is 2.45. The van der Waals surface area contributed by atoms with Crippen molar-refractivity contribution in [2.75, 3.05) is 12.4 Å². The molecule has 2 aromatic rings. The van der Waals surface area contributed by atoms with Crippen molar-refractivity contribution in [3.8, 4) is 11.5 Å². The van der Waals surface area contributed by atoms with E-state index in [4.69, 9.17) is 4.74 Å². The van der Waals surface area contributed by atoms with Gasteiger partial charge in [0.25, 0.3) is 0 Å². The summed E-state index contributed by atoms with van der Waals surface area (Å²) in [6, 6.07) is 8.42. The van der Waals surface area contributed by atoms with Crippen LogP contribution in [0.5, 0.6) is 11.5 Å². The molecule has 0 saturated heterocycles. The SMILES string of the molecule is COc1cc([C@@H]2C3=C(CCCC3=O)N=C(C)C2C(=O)Nc2ccc(Br)cn2)ccc1O. The number of pyridine rings is 1. The van der Waals surface area contributed by atoms with Crippen LogP contribution in [0.3, 0.4) is 0 Å². The van der Waals surface area contributed by atoms with Crippen LogP contribution in [-0.2, 0) is 9.59 Å². The molecule has 0 spiro atoms. The molecule has 0 bridgehead atoms. The zero-order valence-corrected chi connectivity index (χ0v) is 18.8. The second-order valence-electron chi connectivity index (χ2n) is 7.63. The van der Waals surface area contributed by atoms with Gasteiger partial charge in [0, 0.05) is 40.0 Å².